The first-order chi connectivity index (χ1) is 14.1. The quantitative estimate of drug-likeness (QED) is 0.648. The van der Waals surface area contributed by atoms with E-state index in [9.17, 15) is 9.18 Å². The van der Waals surface area contributed by atoms with Gasteiger partial charge in [0.05, 0.1) is 18.3 Å². The van der Waals surface area contributed by atoms with Crippen LogP contribution in [-0.2, 0) is 6.54 Å². The van der Waals surface area contributed by atoms with E-state index < -0.39 is 0 Å². The van der Waals surface area contributed by atoms with Crippen molar-refractivity contribution in [3.8, 4) is 0 Å². The molecule has 0 aliphatic carbocycles. The van der Waals surface area contributed by atoms with E-state index in [2.05, 4.69) is 22.3 Å². The van der Waals surface area contributed by atoms with Crippen molar-refractivity contribution in [3.05, 3.63) is 95.6 Å². The monoisotopic (exact) mass is 391 g/mol. The second-order valence-corrected chi connectivity index (χ2v) is 7.57. The average molecular weight is 391 g/mol. The molecule has 1 aliphatic rings. The van der Waals surface area contributed by atoms with Gasteiger partial charge in [0.2, 0.25) is 0 Å². The van der Waals surface area contributed by atoms with Crippen molar-refractivity contribution >= 4 is 5.78 Å². The van der Waals surface area contributed by atoms with Crippen molar-refractivity contribution in [1.82, 2.24) is 14.8 Å². The zero-order chi connectivity index (χ0) is 20.2. The summed E-state index contributed by atoms with van der Waals surface area (Å²) >= 11 is 0. The Hall–Kier alpha value is -2.76. The van der Waals surface area contributed by atoms with Gasteiger partial charge in [-0.3, -0.25) is 9.69 Å². The van der Waals surface area contributed by atoms with Crippen LogP contribution in [0.1, 0.15) is 34.6 Å². The fraction of sp³-hybridized carbons (Fsp3) is 0.292. The number of carbonyl (C=O) groups is 1. The Bertz CT molecular complexity index is 969. The molecular formula is C24H26FN3O. The Balaban J connectivity index is 1.48. The molecule has 2 heterocycles. The van der Waals surface area contributed by atoms with Crippen molar-refractivity contribution in [3.63, 3.8) is 0 Å². The molecule has 1 fully saturated rings. The van der Waals surface area contributed by atoms with Gasteiger partial charge in [0, 0.05) is 37.4 Å². The molecule has 5 heteroatoms. The van der Waals surface area contributed by atoms with Crippen LogP contribution in [0.5, 0.6) is 0 Å². The summed E-state index contributed by atoms with van der Waals surface area (Å²) in [6.45, 7) is 4.76. The molecule has 4 rings (SSSR count). The standard InChI is InChI=1S/C24H26FN3O/c1-18(27-15-13-26-22(17-27)19-8-3-2-4-9-19)24(29)23-12-7-14-28(23)16-20-10-5-6-11-21(20)25/h2-12,14,18,22,26H,13,15-17H2,1H3. The Labute approximate surface area is 171 Å². The van der Waals surface area contributed by atoms with Gasteiger partial charge in [-0.15, -0.1) is 0 Å². The largest absolute Gasteiger partial charge is 0.341 e. The number of aromatic nitrogens is 1. The minimum Gasteiger partial charge on any atom is -0.341 e. The summed E-state index contributed by atoms with van der Waals surface area (Å²) in [6.07, 6.45) is 1.84. The highest BCUT2D eigenvalue weighted by Gasteiger charge is 2.29. The number of halogens is 1. The Morgan fingerprint density at radius 3 is 2.66 bits per heavy atom. The number of hydrogen-bond donors (Lipinski definition) is 1. The number of carbonyl (C=O) groups excluding carboxylic acids is 1. The van der Waals surface area contributed by atoms with Gasteiger partial charge in [-0.05, 0) is 30.7 Å². The van der Waals surface area contributed by atoms with E-state index >= 15 is 0 Å². The molecule has 2 atom stereocenters. The van der Waals surface area contributed by atoms with Crippen LogP contribution in [0.4, 0.5) is 4.39 Å². The van der Waals surface area contributed by atoms with E-state index in [4.69, 9.17) is 0 Å². The summed E-state index contributed by atoms with van der Waals surface area (Å²) in [5.74, 6) is -0.180. The maximum atomic E-state index is 14.1. The first kappa shape index (κ1) is 19.6. The smallest absolute Gasteiger partial charge is 0.195 e. The molecular weight excluding hydrogens is 365 g/mol. The number of piperazine rings is 1. The fourth-order valence-corrected chi connectivity index (χ4v) is 4.00. The van der Waals surface area contributed by atoms with Crippen LogP contribution in [-0.4, -0.2) is 40.9 Å². The third-order valence-corrected chi connectivity index (χ3v) is 5.72. The van der Waals surface area contributed by atoms with Crippen LogP contribution in [0.15, 0.2) is 72.9 Å². The lowest BCUT2D eigenvalue weighted by Crippen LogP contribution is -2.51. The normalized spacial score (nSPS) is 18.5. The van der Waals surface area contributed by atoms with Gasteiger partial charge in [-0.25, -0.2) is 4.39 Å². The second-order valence-electron chi connectivity index (χ2n) is 7.57. The molecule has 0 spiro atoms. The Morgan fingerprint density at radius 2 is 1.86 bits per heavy atom. The summed E-state index contributed by atoms with van der Waals surface area (Å²) in [5, 5.41) is 3.54. The summed E-state index contributed by atoms with van der Waals surface area (Å²) in [7, 11) is 0. The maximum absolute atomic E-state index is 14.1. The molecule has 29 heavy (non-hydrogen) atoms. The average Bonchev–Trinajstić information content (AvgIpc) is 3.23. The third kappa shape index (κ3) is 4.31. The van der Waals surface area contributed by atoms with Gasteiger partial charge in [-0.2, -0.15) is 0 Å². The SMILES string of the molecule is CC(C(=O)c1cccn1Cc1ccccc1F)N1CCNC(c2ccccc2)C1. The van der Waals surface area contributed by atoms with Crippen LogP contribution < -0.4 is 5.32 Å². The Kier molecular flexibility index (Phi) is 5.88. The van der Waals surface area contributed by atoms with E-state index in [-0.39, 0.29) is 23.7 Å². The van der Waals surface area contributed by atoms with Gasteiger partial charge >= 0.3 is 0 Å². The number of Topliss-reactive ketones (excluding diaryl/α,β-unsaturated/α-hetero) is 1. The maximum Gasteiger partial charge on any atom is 0.195 e. The van der Waals surface area contributed by atoms with Crippen LogP contribution in [0.3, 0.4) is 0 Å². The lowest BCUT2D eigenvalue weighted by atomic mass is 10.0. The van der Waals surface area contributed by atoms with Gasteiger partial charge in [0.25, 0.3) is 0 Å². The highest BCUT2D eigenvalue weighted by molar-refractivity contribution is 5.98. The lowest BCUT2D eigenvalue weighted by Gasteiger charge is -2.37. The minimum absolute atomic E-state index is 0.0695. The molecule has 150 valence electrons. The number of ketones is 1. The zero-order valence-electron chi connectivity index (χ0n) is 16.6. The second kappa shape index (κ2) is 8.72. The first-order valence-electron chi connectivity index (χ1n) is 10.1. The van der Waals surface area contributed by atoms with Crippen LogP contribution in [0, 0.1) is 5.82 Å². The van der Waals surface area contributed by atoms with Crippen molar-refractivity contribution < 1.29 is 9.18 Å². The van der Waals surface area contributed by atoms with Crippen molar-refractivity contribution in [2.75, 3.05) is 19.6 Å². The predicted molar refractivity (Wildman–Crippen MR) is 112 cm³/mol. The molecule has 0 amide bonds. The zero-order valence-corrected chi connectivity index (χ0v) is 16.6. The van der Waals surface area contributed by atoms with Crippen LogP contribution >= 0.6 is 0 Å². The molecule has 0 radical (unpaired) electrons. The van der Waals surface area contributed by atoms with Crippen molar-refractivity contribution in [2.45, 2.75) is 25.6 Å². The van der Waals surface area contributed by atoms with E-state index in [0.29, 0.717) is 17.8 Å². The molecule has 1 aliphatic heterocycles. The van der Waals surface area contributed by atoms with Crippen molar-refractivity contribution in [2.24, 2.45) is 0 Å². The Morgan fingerprint density at radius 1 is 1.10 bits per heavy atom. The molecule has 2 aromatic carbocycles. The van der Waals surface area contributed by atoms with E-state index in [0.717, 1.165) is 19.6 Å². The van der Waals surface area contributed by atoms with Crippen LogP contribution in [0.2, 0.25) is 0 Å². The molecule has 4 nitrogen and oxygen atoms in total. The van der Waals surface area contributed by atoms with E-state index in [1.807, 2.05) is 54.1 Å². The topological polar surface area (TPSA) is 37.3 Å². The van der Waals surface area contributed by atoms with E-state index in [1.165, 1.54) is 11.6 Å². The molecule has 1 aromatic heterocycles. The lowest BCUT2D eigenvalue weighted by molar-refractivity contribution is 0.0778. The summed E-state index contributed by atoms with van der Waals surface area (Å²) in [4.78, 5) is 15.5. The number of nitrogens with one attached hydrogen (secondary N) is 1. The van der Waals surface area contributed by atoms with Gasteiger partial charge in [0.1, 0.15) is 5.82 Å². The number of benzene rings is 2. The highest BCUT2D eigenvalue weighted by atomic mass is 19.1. The number of rotatable bonds is 6. The molecule has 1 saturated heterocycles. The molecule has 1 N–H and O–H groups in total. The minimum atomic E-state index is -0.250. The molecule has 3 aromatic rings. The fourth-order valence-electron chi connectivity index (χ4n) is 4.00. The van der Waals surface area contributed by atoms with Gasteiger partial charge < -0.3 is 9.88 Å². The predicted octanol–water partition coefficient (Wildman–Crippen LogP) is 3.89. The summed E-state index contributed by atoms with van der Waals surface area (Å²) in [6, 6.07) is 20.7. The van der Waals surface area contributed by atoms with Gasteiger partial charge in [0.15, 0.2) is 5.78 Å². The van der Waals surface area contributed by atoms with Gasteiger partial charge in [-0.1, -0.05) is 48.5 Å². The van der Waals surface area contributed by atoms with E-state index in [1.54, 1.807) is 12.1 Å². The molecule has 2 unspecified atom stereocenters. The summed E-state index contributed by atoms with van der Waals surface area (Å²) < 4.78 is 15.9. The first-order valence-corrected chi connectivity index (χ1v) is 10.1. The highest BCUT2D eigenvalue weighted by Crippen LogP contribution is 2.21. The van der Waals surface area contributed by atoms with Crippen LogP contribution in [0.25, 0.3) is 0 Å². The number of hydrogen-bond acceptors (Lipinski definition) is 3. The molecule has 0 bridgehead atoms. The summed E-state index contributed by atoms with van der Waals surface area (Å²) in [5.41, 5.74) is 2.44. The van der Waals surface area contributed by atoms with Crippen molar-refractivity contribution in [1.29, 1.82) is 0 Å². The molecule has 0 saturated carbocycles. The third-order valence-electron chi connectivity index (χ3n) is 5.72. The number of nitrogens with zero attached hydrogens (tertiary/aromatic N) is 2.